The Morgan fingerprint density at radius 2 is 2.13 bits per heavy atom. The van der Waals surface area contributed by atoms with Crippen LogP contribution in [0.3, 0.4) is 0 Å². The number of carbonyl (C=O) groups excluding carboxylic acids is 2. The maximum atomic E-state index is 12.2. The molecule has 1 fully saturated rings. The van der Waals surface area contributed by atoms with Crippen LogP contribution < -0.4 is 5.32 Å². The van der Waals surface area contributed by atoms with Gasteiger partial charge in [-0.05, 0) is 26.2 Å². The lowest BCUT2D eigenvalue weighted by Gasteiger charge is -2.24. The first-order valence-corrected chi connectivity index (χ1v) is 8.46. The molecule has 6 heteroatoms. The number of ether oxygens (including phenoxy) is 1. The maximum absolute atomic E-state index is 12.2. The molecule has 1 aliphatic carbocycles. The van der Waals surface area contributed by atoms with Gasteiger partial charge in [0.25, 0.3) is 0 Å². The Kier molecular flexibility index (Phi) is 6.62. The fourth-order valence-corrected chi connectivity index (χ4v) is 3.24. The van der Waals surface area contributed by atoms with E-state index in [1.165, 1.54) is 7.11 Å². The quantitative estimate of drug-likeness (QED) is 0.644. The van der Waals surface area contributed by atoms with Crippen molar-refractivity contribution in [1.29, 1.82) is 0 Å². The van der Waals surface area contributed by atoms with E-state index >= 15 is 0 Å². The summed E-state index contributed by atoms with van der Waals surface area (Å²) in [5.74, 6) is 0.567. The first kappa shape index (κ1) is 17.5. The van der Waals surface area contributed by atoms with Gasteiger partial charge in [0.1, 0.15) is 5.82 Å². The summed E-state index contributed by atoms with van der Waals surface area (Å²) >= 11 is 0. The van der Waals surface area contributed by atoms with Crippen LogP contribution in [0, 0.1) is 12.8 Å². The number of nitrogens with zero attached hydrogens (tertiary/aromatic N) is 2. The number of aromatic nitrogens is 2. The minimum Gasteiger partial charge on any atom is -0.469 e. The molecule has 0 unspecified atom stereocenters. The van der Waals surface area contributed by atoms with Gasteiger partial charge < -0.3 is 14.6 Å². The molecule has 1 aliphatic rings. The molecule has 0 saturated heterocycles. The molecule has 0 radical (unpaired) electrons. The molecule has 2 atom stereocenters. The van der Waals surface area contributed by atoms with Gasteiger partial charge in [-0.3, -0.25) is 9.59 Å². The molecule has 0 spiro atoms. The fraction of sp³-hybridized carbons (Fsp3) is 0.706. The minimum absolute atomic E-state index is 0.0172. The van der Waals surface area contributed by atoms with Crippen molar-refractivity contribution in [2.45, 2.75) is 64.5 Å². The largest absolute Gasteiger partial charge is 0.469 e. The molecule has 0 bridgehead atoms. The van der Waals surface area contributed by atoms with E-state index in [2.05, 4.69) is 10.3 Å². The van der Waals surface area contributed by atoms with Crippen molar-refractivity contribution < 1.29 is 14.3 Å². The van der Waals surface area contributed by atoms with Gasteiger partial charge in [-0.2, -0.15) is 0 Å². The van der Waals surface area contributed by atoms with Gasteiger partial charge in [-0.25, -0.2) is 4.98 Å². The topological polar surface area (TPSA) is 73.2 Å². The van der Waals surface area contributed by atoms with Crippen molar-refractivity contribution in [2.24, 2.45) is 5.92 Å². The third-order valence-corrected chi connectivity index (χ3v) is 4.59. The van der Waals surface area contributed by atoms with E-state index in [0.717, 1.165) is 50.9 Å². The minimum atomic E-state index is -0.206. The zero-order valence-corrected chi connectivity index (χ0v) is 14.1. The highest BCUT2D eigenvalue weighted by Crippen LogP contribution is 2.24. The zero-order valence-electron chi connectivity index (χ0n) is 14.1. The van der Waals surface area contributed by atoms with Crippen molar-refractivity contribution in [1.82, 2.24) is 14.9 Å². The van der Waals surface area contributed by atoms with E-state index in [1.54, 1.807) is 6.20 Å². The van der Waals surface area contributed by atoms with E-state index in [9.17, 15) is 9.59 Å². The Bertz CT molecular complexity index is 527. The molecule has 23 heavy (non-hydrogen) atoms. The van der Waals surface area contributed by atoms with Crippen molar-refractivity contribution in [3.63, 3.8) is 0 Å². The molecule has 2 rings (SSSR count). The Labute approximate surface area is 137 Å². The van der Waals surface area contributed by atoms with E-state index < -0.39 is 0 Å². The second kappa shape index (κ2) is 8.70. The van der Waals surface area contributed by atoms with E-state index in [0.29, 0.717) is 6.42 Å². The molecule has 1 N–H and O–H groups in total. The van der Waals surface area contributed by atoms with Crippen LogP contribution in [-0.4, -0.2) is 34.6 Å². The highest BCUT2D eigenvalue weighted by molar-refractivity contribution is 5.78. The maximum Gasteiger partial charge on any atom is 0.310 e. The number of methoxy groups -OCH3 is 1. The summed E-state index contributed by atoms with van der Waals surface area (Å²) in [6, 6.07) is -0.0903. The van der Waals surface area contributed by atoms with Crippen molar-refractivity contribution in [3.05, 3.63) is 18.2 Å². The van der Waals surface area contributed by atoms with Gasteiger partial charge in [0.05, 0.1) is 13.0 Å². The van der Waals surface area contributed by atoms with Crippen LogP contribution in [0.15, 0.2) is 12.4 Å². The lowest BCUT2D eigenvalue weighted by Crippen LogP contribution is -2.43. The average molecular weight is 321 g/mol. The lowest BCUT2D eigenvalue weighted by molar-refractivity contribution is -0.147. The summed E-state index contributed by atoms with van der Waals surface area (Å²) < 4.78 is 6.94. The predicted molar refractivity (Wildman–Crippen MR) is 86.7 cm³/mol. The summed E-state index contributed by atoms with van der Waals surface area (Å²) in [6.07, 6.45) is 9.74. The zero-order chi connectivity index (χ0) is 16.7. The van der Waals surface area contributed by atoms with E-state index in [-0.39, 0.29) is 23.8 Å². The number of carbonyl (C=O) groups is 2. The Morgan fingerprint density at radius 3 is 2.83 bits per heavy atom. The van der Waals surface area contributed by atoms with Crippen LogP contribution in [-0.2, 0) is 20.9 Å². The predicted octanol–water partition coefficient (Wildman–Crippen LogP) is 2.21. The number of nitrogens with one attached hydrogen (secondary N) is 1. The first-order chi connectivity index (χ1) is 11.1. The Balaban J connectivity index is 1.81. The summed E-state index contributed by atoms with van der Waals surface area (Å²) in [7, 11) is 1.42. The van der Waals surface area contributed by atoms with E-state index in [1.807, 2.05) is 17.7 Å². The summed E-state index contributed by atoms with van der Waals surface area (Å²) in [4.78, 5) is 28.3. The van der Waals surface area contributed by atoms with Crippen molar-refractivity contribution in [2.75, 3.05) is 7.11 Å². The molecule has 1 saturated carbocycles. The van der Waals surface area contributed by atoms with Crippen molar-refractivity contribution in [3.8, 4) is 0 Å². The van der Waals surface area contributed by atoms with Crippen LogP contribution in [0.5, 0.6) is 0 Å². The van der Waals surface area contributed by atoms with Crippen LogP contribution in [0.25, 0.3) is 0 Å². The second-order valence-electron chi connectivity index (χ2n) is 6.21. The van der Waals surface area contributed by atoms with Crippen LogP contribution >= 0.6 is 0 Å². The molecule has 128 valence electrons. The Morgan fingerprint density at radius 1 is 1.35 bits per heavy atom. The number of hydrogen-bond donors (Lipinski definition) is 1. The van der Waals surface area contributed by atoms with Gasteiger partial charge in [0.2, 0.25) is 5.91 Å². The molecule has 0 aromatic carbocycles. The number of rotatable bonds is 6. The van der Waals surface area contributed by atoms with E-state index in [4.69, 9.17) is 4.74 Å². The molecular weight excluding hydrogens is 294 g/mol. The van der Waals surface area contributed by atoms with Gasteiger partial charge in [0.15, 0.2) is 0 Å². The summed E-state index contributed by atoms with van der Waals surface area (Å²) in [6.45, 7) is 2.73. The highest BCUT2D eigenvalue weighted by atomic mass is 16.5. The smallest absolute Gasteiger partial charge is 0.310 e. The number of hydrogen-bond acceptors (Lipinski definition) is 4. The summed E-state index contributed by atoms with van der Waals surface area (Å²) in [5, 5.41) is 3.05. The SMILES string of the molecule is COC(=O)[C@@H]1CCCCC[C@@H]1NC(=O)CCCn1ccnc1C. The molecule has 1 aromatic heterocycles. The number of esters is 1. The standard InChI is InChI=1S/C17H27N3O3/c1-13-18-10-12-20(13)11-6-9-16(21)19-15-8-5-3-4-7-14(15)17(22)23-2/h10,12,14-15H,3-9,11H2,1-2H3,(H,19,21)/t14-,15+/m1/s1. The van der Waals surface area contributed by atoms with Crippen LogP contribution in [0.4, 0.5) is 0 Å². The van der Waals surface area contributed by atoms with Crippen molar-refractivity contribution >= 4 is 11.9 Å². The van der Waals surface area contributed by atoms with Gasteiger partial charge in [-0.15, -0.1) is 0 Å². The lowest BCUT2D eigenvalue weighted by atomic mass is 9.94. The molecule has 1 aromatic rings. The monoisotopic (exact) mass is 321 g/mol. The molecule has 1 amide bonds. The Hall–Kier alpha value is -1.85. The highest BCUT2D eigenvalue weighted by Gasteiger charge is 2.31. The first-order valence-electron chi connectivity index (χ1n) is 8.46. The van der Waals surface area contributed by atoms with Gasteiger partial charge in [0, 0.05) is 31.4 Å². The number of imidazole rings is 1. The molecule has 1 heterocycles. The third kappa shape index (κ3) is 5.08. The van der Waals surface area contributed by atoms with Gasteiger partial charge in [-0.1, -0.05) is 19.3 Å². The molecule has 6 nitrogen and oxygen atoms in total. The second-order valence-corrected chi connectivity index (χ2v) is 6.21. The van der Waals surface area contributed by atoms with Gasteiger partial charge >= 0.3 is 5.97 Å². The molecule has 0 aliphatic heterocycles. The van der Waals surface area contributed by atoms with Crippen LogP contribution in [0.1, 0.15) is 50.8 Å². The summed E-state index contributed by atoms with van der Waals surface area (Å²) in [5.41, 5.74) is 0. The fourth-order valence-electron chi connectivity index (χ4n) is 3.24. The molecular formula is C17H27N3O3. The number of aryl methyl sites for hydroxylation is 2. The normalized spacial score (nSPS) is 21.5. The third-order valence-electron chi connectivity index (χ3n) is 4.59. The average Bonchev–Trinajstić information content (AvgIpc) is 2.81. The number of amides is 1. The van der Waals surface area contributed by atoms with Crippen LogP contribution in [0.2, 0.25) is 0 Å².